The monoisotopic (exact) mass is 274 g/mol. The van der Waals surface area contributed by atoms with Crippen molar-refractivity contribution in [2.24, 2.45) is 0 Å². The molecule has 1 unspecified atom stereocenters. The highest BCUT2D eigenvalue weighted by atomic mass is 16.5. The number of imidazole rings is 1. The van der Waals surface area contributed by atoms with Gasteiger partial charge in [-0.25, -0.2) is 9.78 Å². The maximum Gasteiger partial charge on any atom is 0.335 e. The molecule has 1 atom stereocenters. The Kier molecular flexibility index (Phi) is 3.01. The lowest BCUT2D eigenvalue weighted by Gasteiger charge is -2.36. The van der Waals surface area contributed by atoms with E-state index in [2.05, 4.69) is 16.5 Å². The first-order valence-electron chi connectivity index (χ1n) is 6.82. The minimum absolute atomic E-state index is 0.159. The highest BCUT2D eigenvalue weighted by molar-refractivity contribution is 5.92. The van der Waals surface area contributed by atoms with Gasteiger partial charge in [0.05, 0.1) is 28.7 Å². The maximum absolute atomic E-state index is 11.2. The molecule has 1 fully saturated rings. The number of ether oxygens (including phenoxy) is 1. The van der Waals surface area contributed by atoms with E-state index in [1.165, 1.54) is 0 Å². The Bertz CT molecular complexity index is 669. The molecule has 1 saturated heterocycles. The zero-order chi connectivity index (χ0) is 14.3. The van der Waals surface area contributed by atoms with Crippen molar-refractivity contribution < 1.29 is 14.6 Å². The molecule has 0 bridgehead atoms. The lowest BCUT2D eigenvalue weighted by Crippen LogP contribution is -2.39. The topological polar surface area (TPSA) is 64.3 Å². The van der Waals surface area contributed by atoms with E-state index in [4.69, 9.17) is 9.84 Å². The normalized spacial score (nSPS) is 23.1. The summed E-state index contributed by atoms with van der Waals surface area (Å²) < 4.78 is 7.76. The van der Waals surface area contributed by atoms with Gasteiger partial charge >= 0.3 is 5.97 Å². The number of rotatable bonds is 2. The van der Waals surface area contributed by atoms with Crippen molar-refractivity contribution in [3.05, 3.63) is 29.6 Å². The van der Waals surface area contributed by atoms with Gasteiger partial charge in [-0.3, -0.25) is 0 Å². The van der Waals surface area contributed by atoms with Crippen molar-refractivity contribution in [2.75, 3.05) is 13.2 Å². The van der Waals surface area contributed by atoms with Gasteiger partial charge in [0.25, 0.3) is 0 Å². The van der Waals surface area contributed by atoms with Crippen LogP contribution in [0.2, 0.25) is 0 Å². The fourth-order valence-corrected chi connectivity index (χ4v) is 3.11. The summed E-state index contributed by atoms with van der Waals surface area (Å²) in [5.74, 6) is -0.0158. The van der Waals surface area contributed by atoms with Gasteiger partial charge in [0.2, 0.25) is 0 Å². The summed E-state index contributed by atoms with van der Waals surface area (Å²) in [5.41, 5.74) is 1.84. The van der Waals surface area contributed by atoms with Crippen LogP contribution in [0.3, 0.4) is 0 Å². The second-order valence-electron chi connectivity index (χ2n) is 5.66. The van der Waals surface area contributed by atoms with Crippen molar-refractivity contribution in [2.45, 2.75) is 32.2 Å². The average molecular weight is 274 g/mol. The third-order valence-electron chi connectivity index (χ3n) is 4.03. The summed E-state index contributed by atoms with van der Waals surface area (Å²) in [4.78, 5) is 15.7. The van der Waals surface area contributed by atoms with Crippen LogP contribution in [0, 0.1) is 6.92 Å². The largest absolute Gasteiger partial charge is 0.478 e. The molecule has 1 aliphatic rings. The van der Waals surface area contributed by atoms with Crippen molar-refractivity contribution in [1.82, 2.24) is 9.55 Å². The van der Waals surface area contributed by atoms with Gasteiger partial charge < -0.3 is 14.4 Å². The molecule has 0 amide bonds. The lowest BCUT2D eigenvalue weighted by atomic mass is 9.94. The summed E-state index contributed by atoms with van der Waals surface area (Å²) in [6.07, 6.45) is 2.02. The lowest BCUT2D eigenvalue weighted by molar-refractivity contribution is 0.0105. The van der Waals surface area contributed by atoms with Crippen LogP contribution in [-0.2, 0) is 10.3 Å². The number of carbonyl (C=O) groups is 1. The highest BCUT2D eigenvalue weighted by Crippen LogP contribution is 2.32. The first kappa shape index (κ1) is 13.1. The molecule has 1 aromatic heterocycles. The Morgan fingerprint density at radius 1 is 1.50 bits per heavy atom. The molecular formula is C15H18N2O3. The fourth-order valence-electron chi connectivity index (χ4n) is 3.11. The molecule has 1 N–H and O–H groups in total. The number of carboxylic acids is 1. The zero-order valence-electron chi connectivity index (χ0n) is 11.7. The minimum Gasteiger partial charge on any atom is -0.478 e. The molecule has 106 valence electrons. The van der Waals surface area contributed by atoms with E-state index in [0.29, 0.717) is 12.2 Å². The molecule has 0 spiro atoms. The van der Waals surface area contributed by atoms with E-state index in [9.17, 15) is 4.79 Å². The summed E-state index contributed by atoms with van der Waals surface area (Å²) in [6, 6.07) is 5.08. The van der Waals surface area contributed by atoms with E-state index >= 15 is 0 Å². The predicted octanol–water partition coefficient (Wildman–Crippen LogP) is 2.57. The van der Waals surface area contributed by atoms with Gasteiger partial charge in [-0.15, -0.1) is 0 Å². The Morgan fingerprint density at radius 3 is 2.95 bits per heavy atom. The molecule has 0 radical (unpaired) electrons. The number of nitrogens with zero attached hydrogens (tertiary/aromatic N) is 2. The Balaban J connectivity index is 2.20. The van der Waals surface area contributed by atoms with Crippen molar-refractivity contribution in [3.63, 3.8) is 0 Å². The summed E-state index contributed by atoms with van der Waals surface area (Å²) in [5, 5.41) is 9.16. The smallest absolute Gasteiger partial charge is 0.335 e. The first-order chi connectivity index (χ1) is 9.51. The quantitative estimate of drug-likeness (QED) is 0.914. The fraction of sp³-hybridized carbons (Fsp3) is 0.467. The molecule has 3 rings (SSSR count). The molecule has 5 heteroatoms. The van der Waals surface area contributed by atoms with Crippen LogP contribution in [0.25, 0.3) is 11.0 Å². The van der Waals surface area contributed by atoms with Crippen molar-refractivity contribution in [3.8, 4) is 0 Å². The van der Waals surface area contributed by atoms with Crippen molar-refractivity contribution >= 4 is 17.0 Å². The van der Waals surface area contributed by atoms with E-state index in [1.807, 2.05) is 6.92 Å². The SMILES string of the molecule is Cc1nc2ccc(C(=O)O)cc2n1C1(C)CCCOC1. The van der Waals surface area contributed by atoms with Gasteiger partial charge in [0.1, 0.15) is 5.82 Å². The molecule has 1 aromatic carbocycles. The average Bonchev–Trinajstić information content (AvgIpc) is 2.74. The van der Waals surface area contributed by atoms with E-state index < -0.39 is 5.97 Å². The third-order valence-corrected chi connectivity index (χ3v) is 4.03. The van der Waals surface area contributed by atoms with Crippen molar-refractivity contribution in [1.29, 1.82) is 0 Å². The van der Waals surface area contributed by atoms with E-state index in [-0.39, 0.29) is 5.54 Å². The predicted molar refractivity (Wildman–Crippen MR) is 75.1 cm³/mol. The Labute approximate surface area is 117 Å². The van der Waals surface area contributed by atoms with Crippen LogP contribution >= 0.6 is 0 Å². The van der Waals surface area contributed by atoms with Gasteiger partial charge in [0, 0.05) is 6.61 Å². The number of hydrogen-bond acceptors (Lipinski definition) is 3. The maximum atomic E-state index is 11.2. The van der Waals surface area contributed by atoms with Crippen LogP contribution in [-0.4, -0.2) is 33.8 Å². The molecular weight excluding hydrogens is 256 g/mol. The van der Waals surface area contributed by atoms with Crippen LogP contribution in [0.5, 0.6) is 0 Å². The van der Waals surface area contributed by atoms with Gasteiger partial charge in [-0.05, 0) is 44.9 Å². The van der Waals surface area contributed by atoms with Crippen LogP contribution < -0.4 is 0 Å². The Morgan fingerprint density at radius 2 is 2.30 bits per heavy atom. The molecule has 0 saturated carbocycles. The van der Waals surface area contributed by atoms with E-state index in [0.717, 1.165) is 36.3 Å². The number of fused-ring (bicyclic) bond motifs is 1. The van der Waals surface area contributed by atoms with Crippen LogP contribution in [0.1, 0.15) is 35.9 Å². The Hall–Kier alpha value is -1.88. The highest BCUT2D eigenvalue weighted by Gasteiger charge is 2.32. The first-order valence-corrected chi connectivity index (χ1v) is 6.82. The number of benzene rings is 1. The third kappa shape index (κ3) is 1.98. The molecule has 0 aliphatic carbocycles. The number of carboxylic acid groups (broad SMARTS) is 1. The second kappa shape index (κ2) is 4.59. The van der Waals surface area contributed by atoms with Gasteiger partial charge in [0.15, 0.2) is 0 Å². The molecule has 2 heterocycles. The molecule has 2 aromatic rings. The second-order valence-corrected chi connectivity index (χ2v) is 5.66. The summed E-state index contributed by atoms with van der Waals surface area (Å²) in [6.45, 7) is 5.53. The molecule has 5 nitrogen and oxygen atoms in total. The number of hydrogen-bond donors (Lipinski definition) is 1. The summed E-state index contributed by atoms with van der Waals surface area (Å²) >= 11 is 0. The molecule has 1 aliphatic heterocycles. The van der Waals surface area contributed by atoms with Gasteiger partial charge in [-0.2, -0.15) is 0 Å². The van der Waals surface area contributed by atoms with Crippen LogP contribution in [0.15, 0.2) is 18.2 Å². The van der Waals surface area contributed by atoms with Crippen LogP contribution in [0.4, 0.5) is 0 Å². The minimum atomic E-state index is -0.914. The number of aromatic nitrogens is 2. The summed E-state index contributed by atoms with van der Waals surface area (Å²) in [7, 11) is 0. The standard InChI is InChI=1S/C15H18N2O3/c1-10-16-12-5-4-11(14(18)19)8-13(12)17(10)15(2)6-3-7-20-9-15/h4-5,8H,3,6-7,9H2,1-2H3,(H,18,19). The number of aryl methyl sites for hydroxylation is 1. The number of aromatic carboxylic acids is 1. The zero-order valence-corrected chi connectivity index (χ0v) is 11.7. The van der Waals surface area contributed by atoms with E-state index in [1.54, 1.807) is 18.2 Å². The van der Waals surface area contributed by atoms with Gasteiger partial charge in [-0.1, -0.05) is 0 Å². The molecule has 20 heavy (non-hydrogen) atoms.